The van der Waals surface area contributed by atoms with Gasteiger partial charge in [0.1, 0.15) is 10.6 Å². The van der Waals surface area contributed by atoms with E-state index < -0.39 is 10.1 Å². The smallest absolute Gasteiger partial charge is 0.339 e. The van der Waals surface area contributed by atoms with Crippen molar-refractivity contribution >= 4 is 21.2 Å². The first-order valence-corrected chi connectivity index (χ1v) is 7.59. The van der Waals surface area contributed by atoms with Gasteiger partial charge in [0.2, 0.25) is 0 Å². The number of benzene rings is 2. The molecule has 2 N–H and O–H groups in total. The molecule has 2 aromatic carbocycles. The number of para-hydroxylation sites is 1. The Kier molecular flexibility index (Phi) is 3.06. The summed E-state index contributed by atoms with van der Waals surface area (Å²) < 4.78 is 29.7. The van der Waals surface area contributed by atoms with Crippen molar-refractivity contribution in [1.82, 2.24) is 9.97 Å². The van der Waals surface area contributed by atoms with Crippen LogP contribution in [0.15, 0.2) is 52.2 Å². The molecule has 0 aliphatic carbocycles. The maximum atomic E-state index is 12.3. The van der Waals surface area contributed by atoms with Crippen molar-refractivity contribution in [3.63, 3.8) is 0 Å². The first-order chi connectivity index (χ1) is 9.95. The fraction of sp³-hybridized carbons (Fsp3) is 0.0714. The minimum absolute atomic E-state index is 0.0199. The van der Waals surface area contributed by atoms with Crippen LogP contribution in [0.2, 0.25) is 0 Å². The topological polar surface area (TPSA) is 92.0 Å². The van der Waals surface area contributed by atoms with Gasteiger partial charge < -0.3 is 14.2 Å². The zero-order valence-electron chi connectivity index (χ0n) is 11.1. The SMILES string of the molecule is Cc1ccccc1OS(=O)(=O)c1ccc2[nH]c(=O)[nH]c2c1. The van der Waals surface area contributed by atoms with Gasteiger partial charge in [-0.25, -0.2) is 4.79 Å². The first-order valence-electron chi connectivity index (χ1n) is 6.18. The molecule has 0 unspecified atom stereocenters. The van der Waals surface area contributed by atoms with E-state index in [1.165, 1.54) is 18.2 Å². The van der Waals surface area contributed by atoms with Crippen molar-refractivity contribution in [2.75, 3.05) is 0 Å². The highest BCUT2D eigenvalue weighted by molar-refractivity contribution is 7.87. The summed E-state index contributed by atoms with van der Waals surface area (Å²) in [5, 5.41) is 0. The Morgan fingerprint density at radius 2 is 1.71 bits per heavy atom. The molecule has 21 heavy (non-hydrogen) atoms. The lowest BCUT2D eigenvalue weighted by Crippen LogP contribution is -2.10. The molecule has 0 bridgehead atoms. The van der Waals surface area contributed by atoms with Crippen LogP contribution >= 0.6 is 0 Å². The van der Waals surface area contributed by atoms with E-state index in [0.717, 1.165) is 5.56 Å². The molecule has 108 valence electrons. The van der Waals surface area contributed by atoms with Crippen LogP contribution in [0, 0.1) is 6.92 Å². The lowest BCUT2D eigenvalue weighted by atomic mass is 10.2. The lowest BCUT2D eigenvalue weighted by molar-refractivity contribution is 0.484. The van der Waals surface area contributed by atoms with Crippen LogP contribution in [-0.2, 0) is 10.1 Å². The third kappa shape index (κ3) is 2.55. The molecular weight excluding hydrogens is 292 g/mol. The number of hydrogen-bond donors (Lipinski definition) is 2. The molecule has 6 nitrogen and oxygen atoms in total. The number of hydrogen-bond acceptors (Lipinski definition) is 4. The number of aromatic nitrogens is 2. The average Bonchev–Trinajstić information content (AvgIpc) is 2.80. The summed E-state index contributed by atoms with van der Waals surface area (Å²) in [4.78, 5) is 16.2. The number of H-pyrrole nitrogens is 2. The summed E-state index contributed by atoms with van der Waals surface area (Å²) in [6, 6.07) is 11.1. The van der Waals surface area contributed by atoms with E-state index in [9.17, 15) is 13.2 Å². The van der Waals surface area contributed by atoms with Crippen LogP contribution in [0.25, 0.3) is 11.0 Å². The molecule has 0 radical (unpaired) electrons. The lowest BCUT2D eigenvalue weighted by Gasteiger charge is -2.09. The fourth-order valence-electron chi connectivity index (χ4n) is 1.98. The van der Waals surface area contributed by atoms with E-state index in [2.05, 4.69) is 9.97 Å². The van der Waals surface area contributed by atoms with Crippen LogP contribution in [-0.4, -0.2) is 18.4 Å². The number of fused-ring (bicyclic) bond motifs is 1. The number of nitrogens with one attached hydrogen (secondary N) is 2. The van der Waals surface area contributed by atoms with Crippen LogP contribution in [0.5, 0.6) is 5.75 Å². The summed E-state index contributed by atoms with van der Waals surface area (Å²) in [6.07, 6.45) is 0. The van der Waals surface area contributed by atoms with Crippen molar-refractivity contribution in [1.29, 1.82) is 0 Å². The molecule has 3 aromatic rings. The van der Waals surface area contributed by atoms with E-state index in [1.54, 1.807) is 31.2 Å². The van der Waals surface area contributed by atoms with E-state index in [4.69, 9.17) is 4.18 Å². The van der Waals surface area contributed by atoms with Crippen LogP contribution in [0.1, 0.15) is 5.56 Å². The Balaban J connectivity index is 2.03. The van der Waals surface area contributed by atoms with Crippen molar-refractivity contribution in [3.05, 3.63) is 58.5 Å². The molecule has 1 aromatic heterocycles. The predicted octanol–water partition coefficient (Wildman–Crippen LogP) is 1.93. The maximum Gasteiger partial charge on any atom is 0.339 e. The molecule has 0 spiro atoms. The highest BCUT2D eigenvalue weighted by Crippen LogP contribution is 2.23. The minimum Gasteiger partial charge on any atom is -0.379 e. The van der Waals surface area contributed by atoms with E-state index in [-0.39, 0.29) is 16.3 Å². The molecule has 0 aliphatic rings. The van der Waals surface area contributed by atoms with Crippen LogP contribution in [0.4, 0.5) is 0 Å². The Labute approximate surface area is 120 Å². The van der Waals surface area contributed by atoms with E-state index in [1.807, 2.05) is 0 Å². The summed E-state index contributed by atoms with van der Waals surface area (Å²) in [5.74, 6) is 0.278. The Bertz CT molecular complexity index is 970. The second-order valence-corrected chi connectivity index (χ2v) is 6.14. The fourth-order valence-corrected chi connectivity index (χ4v) is 3.00. The van der Waals surface area contributed by atoms with E-state index in [0.29, 0.717) is 11.0 Å². The van der Waals surface area contributed by atoms with Gasteiger partial charge in [0.15, 0.2) is 0 Å². The van der Waals surface area contributed by atoms with Gasteiger partial charge in [-0.15, -0.1) is 0 Å². The second kappa shape index (κ2) is 4.78. The Morgan fingerprint density at radius 1 is 1.00 bits per heavy atom. The summed E-state index contributed by atoms with van der Waals surface area (Å²) >= 11 is 0. The van der Waals surface area contributed by atoms with Gasteiger partial charge in [0.25, 0.3) is 0 Å². The Hall–Kier alpha value is -2.54. The van der Waals surface area contributed by atoms with E-state index >= 15 is 0 Å². The third-order valence-corrected chi connectivity index (χ3v) is 4.30. The van der Waals surface area contributed by atoms with Gasteiger partial charge in [-0.05, 0) is 36.8 Å². The number of aromatic amines is 2. The molecule has 0 atom stereocenters. The molecule has 0 aliphatic heterocycles. The maximum absolute atomic E-state index is 12.3. The summed E-state index contributed by atoms with van der Waals surface area (Å²) in [6.45, 7) is 1.76. The van der Waals surface area contributed by atoms with Gasteiger partial charge in [0.05, 0.1) is 11.0 Å². The van der Waals surface area contributed by atoms with Crippen molar-refractivity contribution in [2.45, 2.75) is 11.8 Å². The van der Waals surface area contributed by atoms with Gasteiger partial charge in [-0.1, -0.05) is 18.2 Å². The van der Waals surface area contributed by atoms with Gasteiger partial charge >= 0.3 is 15.8 Å². The molecule has 0 saturated heterocycles. The summed E-state index contributed by atoms with van der Waals surface area (Å²) in [7, 11) is -3.95. The Morgan fingerprint density at radius 3 is 2.48 bits per heavy atom. The van der Waals surface area contributed by atoms with Gasteiger partial charge in [-0.3, -0.25) is 0 Å². The molecule has 0 saturated carbocycles. The highest BCUT2D eigenvalue weighted by atomic mass is 32.2. The molecule has 0 fully saturated rings. The molecule has 7 heteroatoms. The second-order valence-electron chi connectivity index (χ2n) is 4.59. The number of aryl methyl sites for hydroxylation is 1. The zero-order valence-corrected chi connectivity index (χ0v) is 11.9. The first kappa shape index (κ1) is 13.4. The van der Waals surface area contributed by atoms with Crippen LogP contribution in [0.3, 0.4) is 0 Å². The molecular formula is C14H12N2O4S. The van der Waals surface area contributed by atoms with Gasteiger partial charge in [0, 0.05) is 0 Å². The largest absolute Gasteiger partial charge is 0.379 e. The van der Waals surface area contributed by atoms with Crippen molar-refractivity contribution < 1.29 is 12.6 Å². The van der Waals surface area contributed by atoms with Crippen LogP contribution < -0.4 is 9.87 Å². The highest BCUT2D eigenvalue weighted by Gasteiger charge is 2.18. The normalized spacial score (nSPS) is 11.7. The number of imidazole rings is 1. The molecule has 1 heterocycles. The van der Waals surface area contributed by atoms with Crippen molar-refractivity contribution in [2.24, 2.45) is 0 Å². The standard InChI is InChI=1S/C14H12N2O4S/c1-9-4-2-3-5-13(9)20-21(18,19)10-6-7-11-12(8-10)16-14(17)15-11/h2-8H,1H3,(H2,15,16,17). The monoisotopic (exact) mass is 304 g/mol. The predicted molar refractivity (Wildman–Crippen MR) is 77.9 cm³/mol. The zero-order chi connectivity index (χ0) is 15.0. The minimum atomic E-state index is -3.95. The average molecular weight is 304 g/mol. The summed E-state index contributed by atoms with van der Waals surface area (Å²) in [5.41, 5.74) is 1.28. The quantitative estimate of drug-likeness (QED) is 0.723. The molecule has 3 rings (SSSR count). The molecule has 0 amide bonds. The van der Waals surface area contributed by atoms with Crippen molar-refractivity contribution in [3.8, 4) is 5.75 Å². The van der Waals surface area contributed by atoms with Gasteiger partial charge in [-0.2, -0.15) is 8.42 Å². The third-order valence-electron chi connectivity index (χ3n) is 3.07. The number of rotatable bonds is 3.